The van der Waals surface area contributed by atoms with Gasteiger partial charge in [0, 0.05) is 43.6 Å². The average Bonchev–Trinajstić information content (AvgIpc) is 3.87. The van der Waals surface area contributed by atoms with Crippen LogP contribution < -0.4 is 16.0 Å². The number of nitrogens with zero attached hydrogens (tertiary/aromatic N) is 6. The van der Waals surface area contributed by atoms with Crippen LogP contribution in [-0.2, 0) is 16.0 Å². The maximum absolute atomic E-state index is 12.4. The van der Waals surface area contributed by atoms with Crippen LogP contribution in [0.2, 0.25) is 0 Å². The van der Waals surface area contributed by atoms with Crippen LogP contribution in [0.5, 0.6) is 0 Å². The van der Waals surface area contributed by atoms with Gasteiger partial charge in [0.05, 0.1) is 30.4 Å². The van der Waals surface area contributed by atoms with Crippen LogP contribution in [0.15, 0.2) is 79.5 Å². The van der Waals surface area contributed by atoms with Crippen LogP contribution in [0.25, 0.3) is 11.2 Å². The number of rotatable bonds is 13. The molecule has 0 unspecified atom stereocenters. The lowest BCUT2D eigenvalue weighted by atomic mass is 9.91. The van der Waals surface area contributed by atoms with E-state index in [1.165, 1.54) is 11.1 Å². The Labute approximate surface area is 315 Å². The van der Waals surface area contributed by atoms with Crippen molar-refractivity contribution < 1.29 is 38.1 Å². The standard InChI is InChI=1S/C36H45N9O3.C2HF3O2/c1-22(2)35(48)41-28-17-29(32(47)31(28)46)45-21-40-30-33(38-18-27(24-11-7-5-8-12-24)25-13-9-6-10-14-25)42-36(43-34(30)45)37-16-15-26-19-44(20-39-26)23(3)4;3-2(4,5)1(6)7/h5-14,19-23,27-29,31-32,46-47H,15-18H2,1-4H3,(H,41,48)(H2,37,38,42,43);(H,6,7)/t28-,29+,31+,32-;/m0./s1. The molecule has 0 aliphatic heterocycles. The van der Waals surface area contributed by atoms with Crippen LogP contribution in [0.4, 0.5) is 24.9 Å². The summed E-state index contributed by atoms with van der Waals surface area (Å²) in [6.45, 7) is 8.93. The number of carboxylic acid groups (broad SMARTS) is 1. The van der Waals surface area contributed by atoms with E-state index in [9.17, 15) is 28.2 Å². The van der Waals surface area contributed by atoms with Gasteiger partial charge in [0.2, 0.25) is 11.9 Å². The number of aliphatic hydroxyl groups is 2. The van der Waals surface area contributed by atoms with Crippen molar-refractivity contribution in [2.24, 2.45) is 5.92 Å². The zero-order chi connectivity index (χ0) is 39.9. The van der Waals surface area contributed by atoms with Gasteiger partial charge < -0.3 is 40.4 Å². The second-order valence-corrected chi connectivity index (χ2v) is 13.9. The molecule has 0 radical (unpaired) electrons. The molecule has 55 heavy (non-hydrogen) atoms. The number of carbonyl (C=O) groups is 2. The number of alkyl halides is 3. The van der Waals surface area contributed by atoms with E-state index in [4.69, 9.17) is 24.9 Å². The summed E-state index contributed by atoms with van der Waals surface area (Å²) in [6.07, 6.45) is -0.812. The molecule has 1 aliphatic rings. The van der Waals surface area contributed by atoms with Crippen molar-refractivity contribution in [1.29, 1.82) is 0 Å². The highest BCUT2D eigenvalue weighted by Crippen LogP contribution is 2.35. The van der Waals surface area contributed by atoms with E-state index in [-0.39, 0.29) is 17.7 Å². The lowest BCUT2D eigenvalue weighted by Gasteiger charge is -2.20. The molecule has 0 bridgehead atoms. The Morgan fingerprint density at radius 1 is 0.891 bits per heavy atom. The Kier molecular flexibility index (Phi) is 13.1. The predicted molar refractivity (Wildman–Crippen MR) is 199 cm³/mol. The molecule has 1 amide bonds. The second kappa shape index (κ2) is 17.7. The molecule has 0 saturated heterocycles. The van der Waals surface area contributed by atoms with E-state index in [1.54, 1.807) is 24.7 Å². The largest absolute Gasteiger partial charge is 0.490 e. The number of aliphatic hydroxyl groups excluding tert-OH is 2. The fraction of sp³-hybridized carbons (Fsp3) is 0.421. The predicted octanol–water partition coefficient (Wildman–Crippen LogP) is 4.94. The highest BCUT2D eigenvalue weighted by molar-refractivity contribution is 5.84. The molecular weight excluding hydrogens is 719 g/mol. The van der Waals surface area contributed by atoms with Gasteiger partial charge in [-0.25, -0.2) is 14.8 Å². The maximum atomic E-state index is 12.4. The van der Waals surface area contributed by atoms with Crippen molar-refractivity contribution in [2.75, 3.05) is 23.7 Å². The average molecular weight is 766 g/mol. The van der Waals surface area contributed by atoms with Gasteiger partial charge in [0.25, 0.3) is 0 Å². The van der Waals surface area contributed by atoms with Crippen LogP contribution >= 0.6 is 0 Å². The number of halogens is 3. The van der Waals surface area contributed by atoms with Crippen molar-refractivity contribution in [3.05, 3.63) is 96.3 Å². The molecule has 294 valence electrons. The minimum atomic E-state index is -5.08. The fourth-order valence-corrected chi connectivity index (χ4v) is 6.23. The quantitative estimate of drug-likeness (QED) is 0.0952. The summed E-state index contributed by atoms with van der Waals surface area (Å²) in [7, 11) is 0. The summed E-state index contributed by atoms with van der Waals surface area (Å²) in [5, 5.41) is 39.0. The Morgan fingerprint density at radius 3 is 2.05 bits per heavy atom. The van der Waals surface area contributed by atoms with E-state index >= 15 is 0 Å². The topological polar surface area (TPSA) is 192 Å². The van der Waals surface area contributed by atoms with Gasteiger partial charge in [-0.3, -0.25) is 4.79 Å². The Balaban J connectivity index is 0.000000757. The van der Waals surface area contributed by atoms with Crippen LogP contribution in [0.1, 0.15) is 68.9 Å². The van der Waals surface area contributed by atoms with E-state index in [1.807, 2.05) is 48.9 Å². The van der Waals surface area contributed by atoms with Gasteiger partial charge in [-0.05, 0) is 31.4 Å². The molecule has 6 rings (SSSR count). The second-order valence-electron chi connectivity index (χ2n) is 13.9. The first-order chi connectivity index (χ1) is 26.1. The van der Waals surface area contributed by atoms with Crippen LogP contribution in [-0.4, -0.2) is 93.8 Å². The molecular formula is C38H46F3N9O5. The number of aromatic nitrogens is 6. The van der Waals surface area contributed by atoms with Crippen molar-refractivity contribution in [3.63, 3.8) is 0 Å². The summed E-state index contributed by atoms with van der Waals surface area (Å²) in [6, 6.07) is 19.9. The van der Waals surface area contributed by atoms with E-state index in [0.717, 1.165) is 5.69 Å². The molecule has 1 aliphatic carbocycles. The number of hydrogen-bond acceptors (Lipinski definition) is 10. The lowest BCUT2D eigenvalue weighted by molar-refractivity contribution is -0.192. The summed E-state index contributed by atoms with van der Waals surface area (Å²) in [4.78, 5) is 40.3. The first-order valence-electron chi connectivity index (χ1n) is 17.9. The van der Waals surface area contributed by atoms with Gasteiger partial charge in [0.1, 0.15) is 12.2 Å². The lowest BCUT2D eigenvalue weighted by Crippen LogP contribution is -2.44. The highest BCUT2D eigenvalue weighted by atomic mass is 19.4. The number of carboxylic acids is 1. The monoisotopic (exact) mass is 765 g/mol. The molecule has 1 saturated carbocycles. The Bertz CT molecular complexity index is 1980. The number of hydrogen-bond donors (Lipinski definition) is 6. The first kappa shape index (κ1) is 40.6. The SMILES string of the molecule is CC(C)C(=O)N[C@H]1C[C@@H](n2cnc3c(NCC(c4ccccc4)c4ccccc4)nc(NCCc4cn(C(C)C)cn4)nc32)[C@H](O)[C@@H]1O.O=C(O)C(F)(F)F. The van der Waals surface area contributed by atoms with Gasteiger partial charge in [-0.2, -0.15) is 23.1 Å². The minimum absolute atomic E-state index is 0.0455. The number of carbonyl (C=O) groups excluding carboxylic acids is 1. The zero-order valence-electron chi connectivity index (χ0n) is 30.9. The normalized spacial score (nSPS) is 18.4. The number of fused-ring (bicyclic) bond motifs is 1. The molecule has 6 N–H and O–H groups in total. The van der Waals surface area contributed by atoms with Gasteiger partial charge in [-0.1, -0.05) is 74.5 Å². The van der Waals surface area contributed by atoms with Crippen molar-refractivity contribution >= 4 is 34.8 Å². The number of imidazole rings is 2. The molecule has 3 heterocycles. The van der Waals surface area contributed by atoms with Gasteiger partial charge >= 0.3 is 12.1 Å². The molecule has 4 atom stereocenters. The summed E-state index contributed by atoms with van der Waals surface area (Å²) in [5.41, 5.74) is 4.37. The minimum Gasteiger partial charge on any atom is -0.475 e. The number of benzene rings is 2. The van der Waals surface area contributed by atoms with E-state index < -0.39 is 36.4 Å². The molecule has 17 heteroatoms. The molecule has 3 aromatic heterocycles. The number of amides is 1. The molecule has 0 spiro atoms. The molecule has 2 aromatic carbocycles. The number of nitrogens with one attached hydrogen (secondary N) is 3. The summed E-state index contributed by atoms with van der Waals surface area (Å²) in [5.74, 6) is -2.17. The van der Waals surface area contributed by atoms with Gasteiger partial charge in [-0.15, -0.1) is 0 Å². The third-order valence-electron chi connectivity index (χ3n) is 9.32. The Hall–Kier alpha value is -5.55. The summed E-state index contributed by atoms with van der Waals surface area (Å²) >= 11 is 0. The third-order valence-corrected chi connectivity index (χ3v) is 9.32. The number of anilines is 2. The molecule has 14 nitrogen and oxygen atoms in total. The van der Waals surface area contributed by atoms with E-state index in [0.29, 0.717) is 54.9 Å². The van der Waals surface area contributed by atoms with Crippen LogP contribution in [0.3, 0.4) is 0 Å². The van der Waals surface area contributed by atoms with Crippen molar-refractivity contribution in [3.8, 4) is 0 Å². The number of aliphatic carboxylic acids is 1. The Morgan fingerprint density at radius 2 is 1.51 bits per heavy atom. The first-order valence-corrected chi connectivity index (χ1v) is 17.9. The maximum Gasteiger partial charge on any atom is 0.490 e. The summed E-state index contributed by atoms with van der Waals surface area (Å²) < 4.78 is 35.6. The molecule has 5 aromatic rings. The fourth-order valence-electron chi connectivity index (χ4n) is 6.23. The van der Waals surface area contributed by atoms with Gasteiger partial charge in [0.15, 0.2) is 17.0 Å². The zero-order valence-corrected chi connectivity index (χ0v) is 30.9. The van der Waals surface area contributed by atoms with Crippen molar-refractivity contribution in [2.45, 2.75) is 83.0 Å². The van der Waals surface area contributed by atoms with Crippen molar-refractivity contribution in [1.82, 2.24) is 34.4 Å². The smallest absolute Gasteiger partial charge is 0.475 e. The molecule has 1 fully saturated rings. The van der Waals surface area contributed by atoms with Crippen LogP contribution in [0, 0.1) is 5.92 Å². The third kappa shape index (κ3) is 10.2. The highest BCUT2D eigenvalue weighted by Gasteiger charge is 2.44. The van der Waals surface area contributed by atoms with E-state index in [2.05, 4.69) is 63.6 Å².